The lowest BCUT2D eigenvalue weighted by Gasteiger charge is -2.15. The Kier molecular flexibility index (Phi) is 3.91. The number of carbonyl (C=O) groups excluding carboxylic acids is 1. The number of amides is 1. The van der Waals surface area contributed by atoms with Gasteiger partial charge in [0.2, 0.25) is 0 Å². The van der Waals surface area contributed by atoms with Gasteiger partial charge < -0.3 is 4.90 Å². The van der Waals surface area contributed by atoms with Gasteiger partial charge in [-0.3, -0.25) is 9.78 Å². The van der Waals surface area contributed by atoms with Gasteiger partial charge in [0.1, 0.15) is 0 Å². The third-order valence-corrected chi connectivity index (χ3v) is 3.22. The minimum Gasteiger partial charge on any atom is -0.336 e. The highest BCUT2D eigenvalue weighted by molar-refractivity contribution is 5.91. The van der Waals surface area contributed by atoms with E-state index in [-0.39, 0.29) is 5.91 Å². The van der Waals surface area contributed by atoms with E-state index in [1.165, 1.54) is 0 Å². The molecule has 1 aromatic carbocycles. The number of rotatable bonds is 4. The molecule has 6 nitrogen and oxygen atoms in total. The number of benzene rings is 1. The van der Waals surface area contributed by atoms with Gasteiger partial charge in [-0.05, 0) is 23.8 Å². The van der Waals surface area contributed by atoms with Crippen LogP contribution in [-0.2, 0) is 6.54 Å². The molecule has 0 bridgehead atoms. The summed E-state index contributed by atoms with van der Waals surface area (Å²) in [5.74, 6) is -0.175. The van der Waals surface area contributed by atoms with Crippen molar-refractivity contribution in [3.05, 3.63) is 72.3 Å². The van der Waals surface area contributed by atoms with Crippen molar-refractivity contribution in [1.29, 1.82) is 0 Å². The fraction of sp³-hybridized carbons (Fsp3) is 0.125. The largest absolute Gasteiger partial charge is 0.336 e. The summed E-state index contributed by atoms with van der Waals surface area (Å²) in [6.07, 6.45) is 5.08. The van der Waals surface area contributed by atoms with E-state index in [1.807, 2.05) is 42.5 Å². The molecule has 22 heavy (non-hydrogen) atoms. The fourth-order valence-electron chi connectivity index (χ4n) is 2.10. The molecule has 0 saturated heterocycles. The quantitative estimate of drug-likeness (QED) is 0.737. The van der Waals surface area contributed by atoms with Gasteiger partial charge in [-0.25, -0.2) is 4.68 Å². The normalized spacial score (nSPS) is 10.4. The van der Waals surface area contributed by atoms with Crippen molar-refractivity contribution in [2.24, 2.45) is 0 Å². The van der Waals surface area contributed by atoms with E-state index in [2.05, 4.69) is 15.3 Å². The van der Waals surface area contributed by atoms with Crippen LogP contribution in [0.2, 0.25) is 0 Å². The molecule has 0 fully saturated rings. The van der Waals surface area contributed by atoms with Crippen LogP contribution >= 0.6 is 0 Å². The molecule has 0 aliphatic carbocycles. The summed E-state index contributed by atoms with van der Waals surface area (Å²) in [6.45, 7) is 0.477. The van der Waals surface area contributed by atoms with E-state index in [4.69, 9.17) is 0 Å². The number of hydrogen-bond acceptors (Lipinski definition) is 4. The molecule has 2 heterocycles. The molecular weight excluding hydrogens is 278 g/mol. The molecule has 0 saturated carbocycles. The van der Waals surface area contributed by atoms with E-state index in [0.29, 0.717) is 12.2 Å². The molecule has 0 aliphatic heterocycles. The number of pyridine rings is 1. The summed E-state index contributed by atoms with van der Waals surface area (Å²) in [4.78, 5) is 18.0. The first-order chi connectivity index (χ1) is 10.7. The smallest absolute Gasteiger partial charge is 0.276 e. The Morgan fingerprint density at radius 3 is 2.73 bits per heavy atom. The Labute approximate surface area is 128 Å². The molecule has 0 unspecified atom stereocenters. The Bertz CT molecular complexity index is 754. The Morgan fingerprint density at radius 1 is 1.18 bits per heavy atom. The van der Waals surface area contributed by atoms with Crippen molar-refractivity contribution < 1.29 is 4.79 Å². The maximum Gasteiger partial charge on any atom is 0.276 e. The lowest BCUT2D eigenvalue weighted by molar-refractivity contribution is 0.0779. The van der Waals surface area contributed by atoms with Crippen molar-refractivity contribution in [1.82, 2.24) is 24.9 Å². The molecule has 0 spiro atoms. The third-order valence-electron chi connectivity index (χ3n) is 3.22. The maximum atomic E-state index is 12.4. The first kappa shape index (κ1) is 13.9. The number of nitrogens with zero attached hydrogens (tertiary/aromatic N) is 5. The summed E-state index contributed by atoms with van der Waals surface area (Å²) in [5, 5.41) is 7.97. The SMILES string of the molecule is CN(Cc1cccnc1)C(=O)c1cn(-c2ccccc2)nn1. The zero-order chi connectivity index (χ0) is 15.4. The van der Waals surface area contributed by atoms with Crippen LogP contribution in [0.3, 0.4) is 0 Å². The number of aromatic nitrogens is 4. The van der Waals surface area contributed by atoms with Gasteiger partial charge in [-0.2, -0.15) is 0 Å². The molecule has 6 heteroatoms. The van der Waals surface area contributed by atoms with Crippen LogP contribution in [-0.4, -0.2) is 37.8 Å². The standard InChI is InChI=1S/C16H15N5O/c1-20(11-13-6-5-9-17-10-13)16(22)15-12-21(19-18-15)14-7-3-2-4-8-14/h2-10,12H,11H2,1H3. The molecular formula is C16H15N5O. The molecule has 1 amide bonds. The average molecular weight is 293 g/mol. The summed E-state index contributed by atoms with van der Waals surface area (Å²) in [5.41, 5.74) is 2.15. The van der Waals surface area contributed by atoms with Gasteiger partial charge in [0.25, 0.3) is 5.91 Å². The molecule has 3 aromatic rings. The lowest BCUT2D eigenvalue weighted by atomic mass is 10.2. The first-order valence-electron chi connectivity index (χ1n) is 6.86. The minimum atomic E-state index is -0.175. The number of hydrogen-bond donors (Lipinski definition) is 0. The molecule has 0 aliphatic rings. The van der Waals surface area contributed by atoms with Gasteiger partial charge in [0, 0.05) is 26.0 Å². The molecule has 2 aromatic heterocycles. The van der Waals surface area contributed by atoms with Gasteiger partial charge >= 0.3 is 0 Å². The second kappa shape index (κ2) is 6.17. The Hall–Kier alpha value is -3.02. The van der Waals surface area contributed by atoms with E-state index < -0.39 is 0 Å². The summed E-state index contributed by atoms with van der Waals surface area (Å²) in [6, 6.07) is 13.3. The van der Waals surface area contributed by atoms with E-state index in [9.17, 15) is 4.79 Å². The van der Waals surface area contributed by atoms with Gasteiger partial charge in [0.05, 0.1) is 11.9 Å². The summed E-state index contributed by atoms with van der Waals surface area (Å²) in [7, 11) is 1.73. The van der Waals surface area contributed by atoms with Crippen molar-refractivity contribution in [2.75, 3.05) is 7.05 Å². The van der Waals surface area contributed by atoms with Crippen LogP contribution in [0.4, 0.5) is 0 Å². The van der Waals surface area contributed by atoms with Gasteiger partial charge in [0.15, 0.2) is 5.69 Å². The Balaban J connectivity index is 1.74. The average Bonchev–Trinajstić information content (AvgIpc) is 3.06. The predicted octanol–water partition coefficient (Wildman–Crippen LogP) is 1.93. The number of carbonyl (C=O) groups is 1. The molecule has 0 radical (unpaired) electrons. The number of para-hydroxylation sites is 1. The second-order valence-corrected chi connectivity index (χ2v) is 4.91. The van der Waals surface area contributed by atoms with Crippen molar-refractivity contribution >= 4 is 5.91 Å². The highest BCUT2D eigenvalue weighted by Crippen LogP contribution is 2.09. The van der Waals surface area contributed by atoms with Crippen LogP contribution in [0.5, 0.6) is 0 Å². The van der Waals surface area contributed by atoms with E-state index in [1.54, 1.807) is 35.2 Å². The minimum absolute atomic E-state index is 0.175. The topological polar surface area (TPSA) is 63.9 Å². The highest BCUT2D eigenvalue weighted by Gasteiger charge is 2.16. The zero-order valence-electron chi connectivity index (χ0n) is 12.1. The lowest BCUT2D eigenvalue weighted by Crippen LogP contribution is -2.26. The molecule has 0 atom stereocenters. The van der Waals surface area contributed by atoms with Crippen LogP contribution in [0, 0.1) is 0 Å². The first-order valence-corrected chi connectivity index (χ1v) is 6.86. The van der Waals surface area contributed by atoms with Gasteiger partial charge in [-0.15, -0.1) is 5.10 Å². The van der Waals surface area contributed by atoms with Crippen LogP contribution in [0.1, 0.15) is 16.1 Å². The summed E-state index contributed by atoms with van der Waals surface area (Å²) >= 11 is 0. The highest BCUT2D eigenvalue weighted by atomic mass is 16.2. The van der Waals surface area contributed by atoms with E-state index >= 15 is 0 Å². The van der Waals surface area contributed by atoms with Crippen LogP contribution in [0.25, 0.3) is 5.69 Å². The maximum absolute atomic E-state index is 12.4. The molecule has 0 N–H and O–H groups in total. The van der Waals surface area contributed by atoms with Gasteiger partial charge in [-0.1, -0.05) is 29.5 Å². The van der Waals surface area contributed by atoms with Crippen molar-refractivity contribution in [3.63, 3.8) is 0 Å². The van der Waals surface area contributed by atoms with Crippen molar-refractivity contribution in [3.8, 4) is 5.69 Å². The predicted molar refractivity (Wildman–Crippen MR) is 81.4 cm³/mol. The third kappa shape index (κ3) is 3.01. The Morgan fingerprint density at radius 2 is 2.00 bits per heavy atom. The summed E-state index contributed by atoms with van der Waals surface area (Å²) < 4.78 is 1.59. The molecule has 110 valence electrons. The van der Waals surface area contributed by atoms with Crippen LogP contribution < -0.4 is 0 Å². The van der Waals surface area contributed by atoms with Crippen molar-refractivity contribution in [2.45, 2.75) is 6.54 Å². The van der Waals surface area contributed by atoms with E-state index in [0.717, 1.165) is 11.3 Å². The molecule has 3 rings (SSSR count). The fourth-order valence-corrected chi connectivity index (χ4v) is 2.10. The monoisotopic (exact) mass is 293 g/mol. The second-order valence-electron chi connectivity index (χ2n) is 4.91. The zero-order valence-corrected chi connectivity index (χ0v) is 12.1. The van der Waals surface area contributed by atoms with Crippen LogP contribution in [0.15, 0.2) is 61.1 Å².